The summed E-state index contributed by atoms with van der Waals surface area (Å²) in [7, 11) is 5.38. The van der Waals surface area contributed by atoms with E-state index in [1.54, 1.807) is 7.05 Å². The Morgan fingerprint density at radius 2 is 1.75 bits per heavy atom. The topological polar surface area (TPSA) is 69.6 Å². The van der Waals surface area contributed by atoms with Gasteiger partial charge in [0.2, 0.25) is 11.8 Å². The molecule has 1 aromatic rings. The standard InChI is InChI=1S/C13H17N5O2/c1-16(2)10-4-11(15-7-14-10)18-5-8-9(6-18)13(20)17(3)12(8)19/h4,7-9H,5-6H2,1-3H3/t8-,9+. The van der Waals surface area contributed by atoms with Crippen molar-refractivity contribution in [3.8, 4) is 0 Å². The summed E-state index contributed by atoms with van der Waals surface area (Å²) in [6.07, 6.45) is 1.51. The summed E-state index contributed by atoms with van der Waals surface area (Å²) >= 11 is 0. The van der Waals surface area contributed by atoms with Crippen LogP contribution in [0.25, 0.3) is 0 Å². The van der Waals surface area contributed by atoms with Gasteiger partial charge < -0.3 is 9.80 Å². The molecule has 106 valence electrons. The molecule has 2 atom stereocenters. The van der Waals surface area contributed by atoms with Gasteiger partial charge in [0.1, 0.15) is 18.0 Å². The number of carbonyl (C=O) groups excluding carboxylic acids is 2. The fraction of sp³-hybridized carbons (Fsp3) is 0.538. The van der Waals surface area contributed by atoms with Crippen LogP contribution in [0.3, 0.4) is 0 Å². The van der Waals surface area contributed by atoms with Crippen molar-refractivity contribution in [1.82, 2.24) is 14.9 Å². The first-order chi connectivity index (χ1) is 9.49. The minimum Gasteiger partial charge on any atom is -0.363 e. The monoisotopic (exact) mass is 275 g/mol. The van der Waals surface area contributed by atoms with Crippen molar-refractivity contribution in [3.05, 3.63) is 12.4 Å². The molecule has 2 saturated heterocycles. The van der Waals surface area contributed by atoms with Crippen LogP contribution in [-0.2, 0) is 9.59 Å². The summed E-state index contributed by atoms with van der Waals surface area (Å²) in [5, 5.41) is 0. The highest BCUT2D eigenvalue weighted by molar-refractivity contribution is 6.06. The van der Waals surface area contributed by atoms with Crippen molar-refractivity contribution in [2.45, 2.75) is 0 Å². The number of fused-ring (bicyclic) bond motifs is 1. The summed E-state index contributed by atoms with van der Waals surface area (Å²) in [5.74, 6) is 0.951. The van der Waals surface area contributed by atoms with Crippen LogP contribution in [0.5, 0.6) is 0 Å². The van der Waals surface area contributed by atoms with Crippen molar-refractivity contribution in [2.24, 2.45) is 11.8 Å². The lowest BCUT2D eigenvalue weighted by Gasteiger charge is -2.21. The molecule has 0 N–H and O–H groups in total. The van der Waals surface area contributed by atoms with E-state index in [-0.39, 0.29) is 23.7 Å². The van der Waals surface area contributed by atoms with Crippen molar-refractivity contribution >= 4 is 23.5 Å². The van der Waals surface area contributed by atoms with Crippen LogP contribution < -0.4 is 9.80 Å². The SMILES string of the molecule is CN1C(=O)[C@H]2CN(c3cc(N(C)C)ncn3)C[C@H]2C1=O. The molecule has 0 radical (unpaired) electrons. The molecule has 7 nitrogen and oxygen atoms in total. The first-order valence-electron chi connectivity index (χ1n) is 6.54. The van der Waals surface area contributed by atoms with Gasteiger partial charge >= 0.3 is 0 Å². The maximum atomic E-state index is 12.0. The van der Waals surface area contributed by atoms with E-state index in [0.717, 1.165) is 11.6 Å². The Labute approximate surface area is 117 Å². The van der Waals surface area contributed by atoms with E-state index in [1.807, 2.05) is 30.0 Å². The summed E-state index contributed by atoms with van der Waals surface area (Å²) < 4.78 is 0. The quantitative estimate of drug-likeness (QED) is 0.684. The van der Waals surface area contributed by atoms with Gasteiger partial charge in [-0.3, -0.25) is 14.5 Å². The average Bonchev–Trinajstić information content (AvgIpc) is 2.96. The first kappa shape index (κ1) is 12.8. The number of carbonyl (C=O) groups is 2. The lowest BCUT2D eigenvalue weighted by atomic mass is 10.00. The third-order valence-electron chi connectivity index (χ3n) is 4.04. The van der Waals surface area contributed by atoms with Gasteiger partial charge in [-0.15, -0.1) is 0 Å². The highest BCUT2D eigenvalue weighted by Crippen LogP contribution is 2.34. The highest BCUT2D eigenvalue weighted by Gasteiger charge is 2.51. The minimum absolute atomic E-state index is 0.0793. The van der Waals surface area contributed by atoms with E-state index in [2.05, 4.69) is 9.97 Å². The molecule has 7 heteroatoms. The van der Waals surface area contributed by atoms with Gasteiger partial charge in [0.15, 0.2) is 0 Å². The van der Waals surface area contributed by atoms with E-state index in [1.165, 1.54) is 11.2 Å². The molecule has 2 fully saturated rings. The van der Waals surface area contributed by atoms with Gasteiger partial charge in [-0.1, -0.05) is 0 Å². The molecule has 0 saturated carbocycles. The molecule has 1 aromatic heterocycles. The molecule has 3 rings (SSSR count). The van der Waals surface area contributed by atoms with Gasteiger partial charge in [-0.05, 0) is 0 Å². The maximum Gasteiger partial charge on any atom is 0.234 e. The van der Waals surface area contributed by atoms with Gasteiger partial charge in [0, 0.05) is 40.3 Å². The maximum absolute atomic E-state index is 12.0. The number of amides is 2. The Kier molecular flexibility index (Phi) is 2.84. The smallest absolute Gasteiger partial charge is 0.234 e. The molecule has 2 amide bonds. The number of imide groups is 1. The van der Waals surface area contributed by atoms with Crippen molar-refractivity contribution in [3.63, 3.8) is 0 Å². The average molecular weight is 275 g/mol. The van der Waals surface area contributed by atoms with Crippen LogP contribution >= 0.6 is 0 Å². The Morgan fingerprint density at radius 3 is 2.30 bits per heavy atom. The normalized spacial score (nSPS) is 25.4. The Morgan fingerprint density at radius 1 is 1.15 bits per heavy atom. The summed E-state index contributed by atoms with van der Waals surface area (Å²) in [5.41, 5.74) is 0. The molecule has 0 unspecified atom stereocenters. The van der Waals surface area contributed by atoms with Gasteiger partial charge in [-0.25, -0.2) is 9.97 Å². The van der Waals surface area contributed by atoms with E-state index in [9.17, 15) is 9.59 Å². The zero-order valence-electron chi connectivity index (χ0n) is 11.8. The van der Waals surface area contributed by atoms with Crippen LogP contribution in [0.15, 0.2) is 12.4 Å². The highest BCUT2D eigenvalue weighted by atomic mass is 16.2. The first-order valence-corrected chi connectivity index (χ1v) is 6.54. The van der Waals surface area contributed by atoms with Gasteiger partial charge in [0.25, 0.3) is 0 Å². The molecule has 0 aromatic carbocycles. The molecular weight excluding hydrogens is 258 g/mol. The lowest BCUT2D eigenvalue weighted by Crippen LogP contribution is -2.33. The van der Waals surface area contributed by atoms with Crippen molar-refractivity contribution < 1.29 is 9.59 Å². The third kappa shape index (κ3) is 1.81. The summed E-state index contributed by atoms with van der Waals surface area (Å²) in [6.45, 7) is 1.09. The van der Waals surface area contributed by atoms with Gasteiger partial charge in [-0.2, -0.15) is 0 Å². The molecule has 0 bridgehead atoms. The number of rotatable bonds is 2. The second-order valence-corrected chi connectivity index (χ2v) is 5.48. The Hall–Kier alpha value is -2.18. The van der Waals surface area contributed by atoms with Crippen LogP contribution in [0.2, 0.25) is 0 Å². The van der Waals surface area contributed by atoms with Crippen molar-refractivity contribution in [1.29, 1.82) is 0 Å². The van der Waals surface area contributed by atoms with E-state index < -0.39 is 0 Å². The Bertz CT molecular complexity index is 550. The van der Waals surface area contributed by atoms with Crippen molar-refractivity contribution in [2.75, 3.05) is 44.0 Å². The second kappa shape index (κ2) is 4.43. The predicted octanol–water partition coefficient (Wildman–Crippen LogP) is -0.406. The molecular formula is C13H17N5O2. The molecule has 0 aliphatic carbocycles. The van der Waals surface area contributed by atoms with Crippen LogP contribution in [-0.4, -0.2) is 60.9 Å². The lowest BCUT2D eigenvalue weighted by molar-refractivity contribution is -0.138. The zero-order valence-corrected chi connectivity index (χ0v) is 11.8. The Balaban J connectivity index is 1.84. The molecule has 20 heavy (non-hydrogen) atoms. The number of anilines is 2. The fourth-order valence-corrected chi connectivity index (χ4v) is 2.85. The third-order valence-corrected chi connectivity index (χ3v) is 4.04. The largest absolute Gasteiger partial charge is 0.363 e. The number of hydrogen-bond acceptors (Lipinski definition) is 6. The number of nitrogens with zero attached hydrogens (tertiary/aromatic N) is 5. The van der Waals surface area contributed by atoms with E-state index >= 15 is 0 Å². The number of aromatic nitrogens is 2. The fourth-order valence-electron chi connectivity index (χ4n) is 2.85. The van der Waals surface area contributed by atoms with Gasteiger partial charge in [0.05, 0.1) is 11.8 Å². The second-order valence-electron chi connectivity index (χ2n) is 5.48. The zero-order chi connectivity index (χ0) is 14.4. The molecule has 0 spiro atoms. The number of hydrogen-bond donors (Lipinski definition) is 0. The number of likely N-dealkylation sites (tertiary alicyclic amines) is 1. The molecule has 2 aliphatic rings. The molecule has 2 aliphatic heterocycles. The minimum atomic E-state index is -0.231. The van der Waals surface area contributed by atoms with Crippen LogP contribution in [0, 0.1) is 11.8 Å². The predicted molar refractivity (Wildman–Crippen MR) is 73.3 cm³/mol. The van der Waals surface area contributed by atoms with Crippen LogP contribution in [0.4, 0.5) is 11.6 Å². The molecule has 3 heterocycles. The van der Waals surface area contributed by atoms with E-state index in [4.69, 9.17) is 0 Å². The summed E-state index contributed by atoms with van der Waals surface area (Å²) in [4.78, 5) is 37.5. The van der Waals surface area contributed by atoms with Crippen LogP contribution in [0.1, 0.15) is 0 Å². The summed E-state index contributed by atoms with van der Waals surface area (Å²) in [6, 6.07) is 1.87. The van der Waals surface area contributed by atoms with E-state index in [0.29, 0.717) is 13.1 Å².